The van der Waals surface area contributed by atoms with Crippen LogP contribution in [0.4, 0.5) is 0 Å². The monoisotopic (exact) mass is 360 g/mol. The van der Waals surface area contributed by atoms with Crippen LogP contribution in [0.15, 0.2) is 17.3 Å². The lowest BCUT2D eigenvalue weighted by molar-refractivity contribution is -0.131. The standard InChI is InChI=1S/C18H24N4O2S/c1-12-13(2)20-11-22(18(12)24)10-15-4-6-21(7-5-15)17(23)8-16-9-19-14(3)25-16/h9,11,15H,4-8,10H2,1-3H3. The van der Waals surface area contributed by atoms with Crippen molar-refractivity contribution >= 4 is 17.2 Å². The Kier molecular flexibility index (Phi) is 5.32. The molecule has 7 heteroatoms. The first-order valence-electron chi connectivity index (χ1n) is 8.65. The number of carbonyl (C=O) groups excluding carboxylic acids is 1. The van der Waals surface area contributed by atoms with E-state index in [1.807, 2.05) is 25.7 Å². The summed E-state index contributed by atoms with van der Waals surface area (Å²) >= 11 is 1.58. The molecule has 0 radical (unpaired) electrons. The summed E-state index contributed by atoms with van der Waals surface area (Å²) in [5, 5.41) is 0.994. The van der Waals surface area contributed by atoms with Crippen LogP contribution in [0, 0.1) is 26.7 Å². The minimum absolute atomic E-state index is 0.0478. The Bertz CT molecular complexity index is 819. The SMILES string of the molecule is Cc1ncc(CC(=O)N2CCC(Cn3cnc(C)c(C)c3=O)CC2)s1. The van der Waals surface area contributed by atoms with Gasteiger partial charge in [0.1, 0.15) is 0 Å². The Balaban J connectivity index is 1.54. The highest BCUT2D eigenvalue weighted by molar-refractivity contribution is 7.11. The average molecular weight is 360 g/mol. The van der Waals surface area contributed by atoms with Crippen molar-refractivity contribution in [3.05, 3.63) is 44.0 Å². The maximum Gasteiger partial charge on any atom is 0.256 e. The molecule has 0 aromatic carbocycles. The van der Waals surface area contributed by atoms with Gasteiger partial charge < -0.3 is 4.90 Å². The van der Waals surface area contributed by atoms with Gasteiger partial charge in [-0.2, -0.15) is 0 Å². The molecule has 2 aromatic rings. The first kappa shape index (κ1) is 17.8. The van der Waals surface area contributed by atoms with E-state index in [9.17, 15) is 9.59 Å². The molecule has 0 atom stereocenters. The zero-order chi connectivity index (χ0) is 18.0. The second-order valence-corrected chi connectivity index (χ2v) is 8.08. The highest BCUT2D eigenvalue weighted by Crippen LogP contribution is 2.20. The number of piperidine rings is 1. The van der Waals surface area contributed by atoms with Crippen LogP contribution in [0.3, 0.4) is 0 Å². The number of aromatic nitrogens is 3. The van der Waals surface area contributed by atoms with Gasteiger partial charge in [0.15, 0.2) is 0 Å². The summed E-state index contributed by atoms with van der Waals surface area (Å²) in [7, 11) is 0. The minimum Gasteiger partial charge on any atom is -0.342 e. The Morgan fingerprint density at radius 3 is 2.60 bits per heavy atom. The first-order chi connectivity index (χ1) is 11.9. The van der Waals surface area contributed by atoms with Crippen LogP contribution in [0.2, 0.25) is 0 Å². The lowest BCUT2D eigenvalue weighted by Gasteiger charge is -2.32. The van der Waals surface area contributed by atoms with Gasteiger partial charge in [-0.3, -0.25) is 14.2 Å². The summed E-state index contributed by atoms with van der Waals surface area (Å²) in [5.41, 5.74) is 1.56. The first-order valence-corrected chi connectivity index (χ1v) is 9.47. The molecule has 1 saturated heterocycles. The van der Waals surface area contributed by atoms with E-state index in [-0.39, 0.29) is 11.5 Å². The van der Waals surface area contributed by atoms with Gasteiger partial charge >= 0.3 is 0 Å². The molecule has 1 aliphatic heterocycles. The number of thiazole rings is 1. The number of hydrogen-bond acceptors (Lipinski definition) is 5. The maximum absolute atomic E-state index is 12.4. The second-order valence-electron chi connectivity index (χ2n) is 6.76. The number of likely N-dealkylation sites (tertiary alicyclic amines) is 1. The van der Waals surface area contributed by atoms with E-state index in [0.717, 1.165) is 47.1 Å². The predicted molar refractivity (Wildman–Crippen MR) is 97.8 cm³/mol. The van der Waals surface area contributed by atoms with Crippen LogP contribution in [-0.4, -0.2) is 38.4 Å². The number of nitrogens with zero attached hydrogens (tertiary/aromatic N) is 4. The third-order valence-electron chi connectivity index (χ3n) is 4.93. The lowest BCUT2D eigenvalue weighted by atomic mass is 9.96. The van der Waals surface area contributed by atoms with E-state index in [1.54, 1.807) is 28.4 Å². The van der Waals surface area contributed by atoms with Crippen molar-refractivity contribution in [3.63, 3.8) is 0 Å². The van der Waals surface area contributed by atoms with Crippen LogP contribution in [0.5, 0.6) is 0 Å². The van der Waals surface area contributed by atoms with Crippen LogP contribution in [0.1, 0.15) is 34.0 Å². The summed E-state index contributed by atoms with van der Waals surface area (Å²) in [5.74, 6) is 0.586. The van der Waals surface area contributed by atoms with Gasteiger partial charge in [0.05, 0.1) is 17.8 Å². The maximum atomic E-state index is 12.4. The molecule has 0 spiro atoms. The van der Waals surface area contributed by atoms with Crippen molar-refractivity contribution in [3.8, 4) is 0 Å². The van der Waals surface area contributed by atoms with E-state index in [0.29, 0.717) is 18.9 Å². The van der Waals surface area contributed by atoms with Gasteiger partial charge in [0.2, 0.25) is 5.91 Å². The number of amides is 1. The third-order valence-corrected chi connectivity index (χ3v) is 5.84. The molecule has 0 aliphatic carbocycles. The molecule has 0 saturated carbocycles. The van der Waals surface area contributed by atoms with Gasteiger partial charge in [0.25, 0.3) is 5.56 Å². The zero-order valence-electron chi connectivity index (χ0n) is 15.0. The van der Waals surface area contributed by atoms with Crippen LogP contribution in [-0.2, 0) is 17.8 Å². The second kappa shape index (κ2) is 7.47. The molecule has 1 fully saturated rings. The average Bonchev–Trinajstić information content (AvgIpc) is 3.01. The molecule has 0 unspecified atom stereocenters. The molecule has 25 heavy (non-hydrogen) atoms. The fourth-order valence-electron chi connectivity index (χ4n) is 3.20. The molecule has 3 rings (SSSR count). The zero-order valence-corrected chi connectivity index (χ0v) is 15.8. The van der Waals surface area contributed by atoms with E-state index in [2.05, 4.69) is 9.97 Å². The number of rotatable bonds is 4. The molecular weight excluding hydrogens is 336 g/mol. The van der Waals surface area contributed by atoms with Crippen LogP contribution >= 0.6 is 11.3 Å². The Morgan fingerprint density at radius 1 is 1.24 bits per heavy atom. The van der Waals surface area contributed by atoms with Crippen molar-refractivity contribution < 1.29 is 4.79 Å². The normalized spacial score (nSPS) is 15.6. The summed E-state index contributed by atoms with van der Waals surface area (Å²) in [6.07, 6.45) is 5.73. The van der Waals surface area contributed by atoms with Gasteiger partial charge in [0, 0.05) is 42.0 Å². The molecule has 0 bridgehead atoms. The summed E-state index contributed by atoms with van der Waals surface area (Å²) in [6, 6.07) is 0. The molecule has 0 N–H and O–H groups in total. The van der Waals surface area contributed by atoms with Crippen molar-refractivity contribution in [2.45, 2.75) is 46.6 Å². The number of aryl methyl sites for hydroxylation is 2. The third kappa shape index (κ3) is 4.15. The van der Waals surface area contributed by atoms with Gasteiger partial charge in [-0.25, -0.2) is 9.97 Å². The summed E-state index contributed by atoms with van der Waals surface area (Å²) in [6.45, 7) is 7.83. The Morgan fingerprint density at radius 2 is 1.96 bits per heavy atom. The van der Waals surface area contributed by atoms with Crippen LogP contribution < -0.4 is 5.56 Å². The van der Waals surface area contributed by atoms with Gasteiger partial charge in [-0.05, 0) is 39.5 Å². The number of carbonyl (C=O) groups is 1. The summed E-state index contributed by atoms with van der Waals surface area (Å²) in [4.78, 5) is 36.2. The quantitative estimate of drug-likeness (QED) is 0.837. The molecule has 2 aromatic heterocycles. The van der Waals surface area contributed by atoms with E-state index >= 15 is 0 Å². The van der Waals surface area contributed by atoms with Crippen molar-refractivity contribution in [1.82, 2.24) is 19.4 Å². The molecule has 3 heterocycles. The fourth-order valence-corrected chi connectivity index (χ4v) is 3.98. The van der Waals surface area contributed by atoms with Crippen molar-refractivity contribution in [2.75, 3.05) is 13.1 Å². The topological polar surface area (TPSA) is 68.1 Å². The largest absolute Gasteiger partial charge is 0.342 e. The molecule has 1 amide bonds. The molecular formula is C18H24N4O2S. The van der Waals surface area contributed by atoms with Crippen molar-refractivity contribution in [2.24, 2.45) is 5.92 Å². The highest BCUT2D eigenvalue weighted by atomic mass is 32.1. The van der Waals surface area contributed by atoms with Gasteiger partial charge in [-0.1, -0.05) is 0 Å². The molecule has 1 aliphatic rings. The van der Waals surface area contributed by atoms with E-state index in [1.165, 1.54) is 0 Å². The smallest absolute Gasteiger partial charge is 0.256 e. The van der Waals surface area contributed by atoms with E-state index in [4.69, 9.17) is 0 Å². The minimum atomic E-state index is 0.0478. The van der Waals surface area contributed by atoms with Crippen LogP contribution in [0.25, 0.3) is 0 Å². The molecule has 134 valence electrons. The number of hydrogen-bond donors (Lipinski definition) is 0. The van der Waals surface area contributed by atoms with Crippen molar-refractivity contribution in [1.29, 1.82) is 0 Å². The Hall–Kier alpha value is -2.02. The predicted octanol–water partition coefficient (Wildman–Crippen LogP) is 2.11. The van der Waals surface area contributed by atoms with Gasteiger partial charge in [-0.15, -0.1) is 11.3 Å². The Labute approximate surface area is 151 Å². The summed E-state index contributed by atoms with van der Waals surface area (Å²) < 4.78 is 1.71. The highest BCUT2D eigenvalue weighted by Gasteiger charge is 2.24. The fraction of sp³-hybridized carbons (Fsp3) is 0.556. The molecule has 6 nitrogen and oxygen atoms in total. The lowest BCUT2D eigenvalue weighted by Crippen LogP contribution is -2.40. The van der Waals surface area contributed by atoms with E-state index < -0.39 is 0 Å².